The lowest BCUT2D eigenvalue weighted by Gasteiger charge is -2.32. The maximum Gasteiger partial charge on any atom is 0.261 e. The van der Waals surface area contributed by atoms with E-state index in [9.17, 15) is 9.59 Å². The van der Waals surface area contributed by atoms with E-state index >= 15 is 0 Å². The first-order chi connectivity index (χ1) is 17.8. The highest BCUT2D eigenvalue weighted by atomic mass is 35.5. The zero-order chi connectivity index (χ0) is 26.8. The van der Waals surface area contributed by atoms with E-state index in [1.165, 1.54) is 4.90 Å². The molecule has 0 bridgehead atoms. The van der Waals surface area contributed by atoms with Gasteiger partial charge in [-0.1, -0.05) is 79.0 Å². The van der Waals surface area contributed by atoms with Crippen LogP contribution >= 0.6 is 23.2 Å². The highest BCUT2D eigenvalue weighted by Gasteiger charge is 2.31. The highest BCUT2D eigenvalue weighted by molar-refractivity contribution is 6.36. The van der Waals surface area contributed by atoms with Crippen LogP contribution < -0.4 is 10.1 Å². The van der Waals surface area contributed by atoms with Crippen LogP contribution in [-0.4, -0.2) is 35.9 Å². The van der Waals surface area contributed by atoms with E-state index in [1.807, 2.05) is 62.4 Å². The molecule has 3 aromatic rings. The lowest BCUT2D eigenvalue weighted by molar-refractivity contribution is -0.142. The number of rotatable bonds is 12. The van der Waals surface area contributed by atoms with Crippen molar-refractivity contribution < 1.29 is 14.3 Å². The van der Waals surface area contributed by atoms with Crippen molar-refractivity contribution in [1.82, 2.24) is 10.2 Å². The van der Waals surface area contributed by atoms with Gasteiger partial charge in [-0.25, -0.2) is 0 Å². The van der Waals surface area contributed by atoms with Gasteiger partial charge in [0.25, 0.3) is 5.91 Å². The smallest absolute Gasteiger partial charge is 0.261 e. The maximum absolute atomic E-state index is 13.7. The fraction of sp³-hybridized carbons (Fsp3) is 0.333. The number of hydrogen-bond donors (Lipinski definition) is 1. The lowest BCUT2D eigenvalue weighted by Crippen LogP contribution is -2.52. The van der Waals surface area contributed by atoms with Crippen molar-refractivity contribution in [2.24, 2.45) is 0 Å². The van der Waals surface area contributed by atoms with Gasteiger partial charge in [-0.2, -0.15) is 0 Å². The number of unbranched alkanes of at least 4 members (excludes halogenated alkanes) is 1. The summed E-state index contributed by atoms with van der Waals surface area (Å²) in [6, 6.07) is 19.8. The van der Waals surface area contributed by atoms with Gasteiger partial charge in [0.2, 0.25) is 5.91 Å². The van der Waals surface area contributed by atoms with E-state index in [2.05, 4.69) is 12.2 Å². The Hall–Kier alpha value is -3.02. The summed E-state index contributed by atoms with van der Waals surface area (Å²) >= 11 is 13.0. The Morgan fingerprint density at radius 1 is 0.946 bits per heavy atom. The summed E-state index contributed by atoms with van der Waals surface area (Å²) in [6.45, 7) is 6.46. The van der Waals surface area contributed by atoms with Crippen LogP contribution in [0.2, 0.25) is 10.0 Å². The second kappa shape index (κ2) is 14.1. The number of halogens is 2. The second-order valence-electron chi connectivity index (χ2n) is 9.11. The van der Waals surface area contributed by atoms with Gasteiger partial charge in [-0.3, -0.25) is 9.59 Å². The van der Waals surface area contributed by atoms with Gasteiger partial charge < -0.3 is 15.0 Å². The highest BCUT2D eigenvalue weighted by Crippen LogP contribution is 2.27. The first-order valence-corrected chi connectivity index (χ1v) is 13.3. The molecule has 0 aliphatic heterocycles. The molecule has 0 saturated carbocycles. The Balaban J connectivity index is 1.93. The van der Waals surface area contributed by atoms with Crippen LogP contribution in [-0.2, 0) is 22.6 Å². The van der Waals surface area contributed by atoms with E-state index in [-0.39, 0.29) is 25.0 Å². The van der Waals surface area contributed by atoms with Crippen molar-refractivity contribution in [3.63, 3.8) is 0 Å². The molecule has 1 atom stereocenters. The molecule has 2 amide bonds. The van der Waals surface area contributed by atoms with Crippen molar-refractivity contribution in [3.05, 3.63) is 99.0 Å². The third-order valence-electron chi connectivity index (χ3n) is 6.33. The molecule has 0 aromatic heterocycles. The summed E-state index contributed by atoms with van der Waals surface area (Å²) in [5.74, 6) is 0.0416. The average Bonchev–Trinajstić information content (AvgIpc) is 2.88. The Bertz CT molecular complexity index is 1180. The van der Waals surface area contributed by atoms with E-state index in [0.717, 1.165) is 29.5 Å². The van der Waals surface area contributed by atoms with Crippen molar-refractivity contribution in [2.45, 2.75) is 52.6 Å². The predicted molar refractivity (Wildman–Crippen MR) is 150 cm³/mol. The van der Waals surface area contributed by atoms with Crippen molar-refractivity contribution >= 4 is 35.0 Å². The first kappa shape index (κ1) is 28.5. The fourth-order valence-electron chi connectivity index (χ4n) is 3.95. The summed E-state index contributed by atoms with van der Waals surface area (Å²) in [5, 5.41) is 3.87. The van der Waals surface area contributed by atoms with Gasteiger partial charge in [-0.15, -0.1) is 0 Å². The number of amides is 2. The zero-order valence-electron chi connectivity index (χ0n) is 21.6. The minimum absolute atomic E-state index is 0.0757. The molecule has 7 heteroatoms. The SMILES string of the molecule is CCCCNC(=O)[C@@H](Cc1ccccc1)N(Cc1c(Cl)cccc1Cl)C(=O)COc1ccc(C)c(C)c1. The van der Waals surface area contributed by atoms with E-state index in [4.69, 9.17) is 27.9 Å². The number of carbonyl (C=O) groups excluding carboxylic acids is 2. The molecule has 196 valence electrons. The van der Waals surface area contributed by atoms with E-state index in [0.29, 0.717) is 34.3 Å². The molecule has 3 rings (SSSR count). The molecule has 5 nitrogen and oxygen atoms in total. The molecule has 0 unspecified atom stereocenters. The number of ether oxygens (including phenoxy) is 1. The van der Waals surface area contributed by atoms with Gasteiger partial charge >= 0.3 is 0 Å². The van der Waals surface area contributed by atoms with Crippen molar-refractivity contribution in [1.29, 1.82) is 0 Å². The van der Waals surface area contributed by atoms with E-state index in [1.54, 1.807) is 18.2 Å². The monoisotopic (exact) mass is 540 g/mol. The third kappa shape index (κ3) is 8.24. The molecule has 37 heavy (non-hydrogen) atoms. The van der Waals surface area contributed by atoms with Crippen molar-refractivity contribution in [2.75, 3.05) is 13.2 Å². The number of benzene rings is 3. The van der Waals surface area contributed by atoms with Crippen LogP contribution in [0.15, 0.2) is 66.7 Å². The molecule has 0 fully saturated rings. The molecule has 0 saturated heterocycles. The summed E-state index contributed by atoms with van der Waals surface area (Å²) in [5.41, 5.74) is 3.74. The van der Waals surface area contributed by atoms with Gasteiger partial charge in [-0.05, 0) is 61.2 Å². The predicted octanol–water partition coefficient (Wildman–Crippen LogP) is 6.55. The molecular formula is C30H34Cl2N2O3. The molecule has 0 aliphatic rings. The third-order valence-corrected chi connectivity index (χ3v) is 7.04. The Labute approximate surface area is 229 Å². The first-order valence-electron chi connectivity index (χ1n) is 12.5. The van der Waals surface area contributed by atoms with Crippen LogP contribution in [0.25, 0.3) is 0 Å². The number of nitrogens with one attached hydrogen (secondary N) is 1. The fourth-order valence-corrected chi connectivity index (χ4v) is 4.46. The minimum atomic E-state index is -0.776. The normalized spacial score (nSPS) is 11.6. The Morgan fingerprint density at radius 3 is 2.30 bits per heavy atom. The van der Waals surface area contributed by atoms with Crippen molar-refractivity contribution in [3.8, 4) is 5.75 Å². The Kier molecular flexibility index (Phi) is 10.8. The van der Waals surface area contributed by atoms with Gasteiger partial charge in [0, 0.05) is 35.1 Å². The standard InChI is InChI=1S/C30H34Cl2N2O3/c1-4-5-16-33-30(36)28(18-23-10-7-6-8-11-23)34(19-25-26(31)12-9-13-27(25)32)29(35)20-37-24-15-14-21(2)22(3)17-24/h6-15,17,28H,4-5,16,18-20H2,1-3H3,(H,33,36)/t28-/m1/s1. The van der Waals surface area contributed by atoms with Gasteiger partial charge in [0.15, 0.2) is 6.61 Å². The summed E-state index contributed by atoms with van der Waals surface area (Å²) in [7, 11) is 0. The maximum atomic E-state index is 13.7. The summed E-state index contributed by atoms with van der Waals surface area (Å²) in [6.07, 6.45) is 2.14. The molecular weight excluding hydrogens is 507 g/mol. The minimum Gasteiger partial charge on any atom is -0.484 e. The molecule has 0 spiro atoms. The number of nitrogens with zero attached hydrogens (tertiary/aromatic N) is 1. The number of carbonyl (C=O) groups is 2. The second-order valence-corrected chi connectivity index (χ2v) is 9.92. The van der Waals surface area contributed by atoms with Crippen LogP contribution in [0.5, 0.6) is 5.75 Å². The summed E-state index contributed by atoms with van der Waals surface area (Å²) < 4.78 is 5.87. The largest absolute Gasteiger partial charge is 0.484 e. The molecule has 0 radical (unpaired) electrons. The number of aryl methyl sites for hydroxylation is 2. The van der Waals surface area contributed by atoms with Crippen LogP contribution in [0, 0.1) is 13.8 Å². The lowest BCUT2D eigenvalue weighted by atomic mass is 10.0. The zero-order valence-corrected chi connectivity index (χ0v) is 23.1. The number of hydrogen-bond acceptors (Lipinski definition) is 3. The molecule has 0 aliphatic carbocycles. The summed E-state index contributed by atoms with van der Waals surface area (Å²) in [4.78, 5) is 28.7. The van der Waals surface area contributed by atoms with Gasteiger partial charge in [0.05, 0.1) is 0 Å². The molecule has 0 heterocycles. The van der Waals surface area contributed by atoms with Crippen LogP contribution in [0.1, 0.15) is 42.0 Å². The van der Waals surface area contributed by atoms with Gasteiger partial charge in [0.1, 0.15) is 11.8 Å². The topological polar surface area (TPSA) is 58.6 Å². The Morgan fingerprint density at radius 2 is 1.65 bits per heavy atom. The van der Waals surface area contributed by atoms with Crippen LogP contribution in [0.3, 0.4) is 0 Å². The molecule has 1 N–H and O–H groups in total. The van der Waals surface area contributed by atoms with E-state index < -0.39 is 6.04 Å². The molecule has 3 aromatic carbocycles. The quantitative estimate of drug-likeness (QED) is 0.265. The van der Waals surface area contributed by atoms with Crippen LogP contribution in [0.4, 0.5) is 0 Å². The average molecular weight is 542 g/mol.